The lowest BCUT2D eigenvalue weighted by Gasteiger charge is -2.24. The summed E-state index contributed by atoms with van der Waals surface area (Å²) >= 11 is 0. The van der Waals surface area contributed by atoms with E-state index in [1.807, 2.05) is 6.33 Å². The standard InChI is InChI=1S/C24H27N3O3/c1-28-21-13-16-6-9-27-15-25-23(24(27)20(16)14-22(21)29-2)17-4-3-5-19(12-17)26-18-7-10-30-11-8-18/h3-5,12-15,18,26H,6-11H2,1-2H3. The maximum absolute atomic E-state index is 5.57. The van der Waals surface area contributed by atoms with Crippen LogP contribution in [0.15, 0.2) is 42.7 Å². The fourth-order valence-electron chi connectivity index (χ4n) is 4.47. The number of benzene rings is 2. The average Bonchev–Trinajstić information content (AvgIpc) is 3.23. The van der Waals surface area contributed by atoms with Crippen LogP contribution in [0.4, 0.5) is 5.69 Å². The highest BCUT2D eigenvalue weighted by molar-refractivity contribution is 5.83. The summed E-state index contributed by atoms with van der Waals surface area (Å²) in [4.78, 5) is 4.80. The Hall–Kier alpha value is -2.99. The minimum Gasteiger partial charge on any atom is -0.493 e. The van der Waals surface area contributed by atoms with Crippen LogP contribution in [0.5, 0.6) is 11.5 Å². The molecule has 1 saturated heterocycles. The molecule has 0 amide bonds. The first-order valence-electron chi connectivity index (χ1n) is 10.5. The van der Waals surface area contributed by atoms with Crippen molar-refractivity contribution in [2.45, 2.75) is 31.8 Å². The summed E-state index contributed by atoms with van der Waals surface area (Å²) in [6, 6.07) is 13.2. The SMILES string of the molecule is COc1cc2c(cc1OC)-c1c(-c3cccc(NC4CCOCC4)c3)ncn1CC2. The van der Waals surface area contributed by atoms with E-state index in [2.05, 4.69) is 46.3 Å². The van der Waals surface area contributed by atoms with E-state index in [1.165, 1.54) is 5.56 Å². The summed E-state index contributed by atoms with van der Waals surface area (Å²) in [6.07, 6.45) is 4.98. The molecule has 0 spiro atoms. The van der Waals surface area contributed by atoms with Gasteiger partial charge in [-0.15, -0.1) is 0 Å². The van der Waals surface area contributed by atoms with Crippen molar-refractivity contribution in [3.63, 3.8) is 0 Å². The van der Waals surface area contributed by atoms with Gasteiger partial charge >= 0.3 is 0 Å². The highest BCUT2D eigenvalue weighted by atomic mass is 16.5. The van der Waals surface area contributed by atoms with Crippen molar-refractivity contribution >= 4 is 5.69 Å². The predicted molar refractivity (Wildman–Crippen MR) is 117 cm³/mol. The van der Waals surface area contributed by atoms with E-state index >= 15 is 0 Å². The minimum absolute atomic E-state index is 0.461. The third kappa shape index (κ3) is 3.41. The van der Waals surface area contributed by atoms with Crippen LogP contribution in [0, 0.1) is 0 Å². The summed E-state index contributed by atoms with van der Waals surface area (Å²) in [6.45, 7) is 2.56. The molecule has 0 unspecified atom stereocenters. The number of aryl methyl sites for hydroxylation is 2. The van der Waals surface area contributed by atoms with Crippen LogP contribution in [0.25, 0.3) is 22.5 Å². The molecule has 0 saturated carbocycles. The Morgan fingerprint density at radius 3 is 2.67 bits per heavy atom. The minimum atomic E-state index is 0.461. The Morgan fingerprint density at radius 2 is 1.87 bits per heavy atom. The van der Waals surface area contributed by atoms with Gasteiger partial charge in [0.25, 0.3) is 0 Å². The van der Waals surface area contributed by atoms with E-state index in [0.29, 0.717) is 6.04 Å². The topological polar surface area (TPSA) is 57.5 Å². The van der Waals surface area contributed by atoms with E-state index in [9.17, 15) is 0 Å². The Balaban J connectivity index is 1.53. The molecule has 1 aromatic heterocycles. The third-order valence-electron chi connectivity index (χ3n) is 6.05. The summed E-state index contributed by atoms with van der Waals surface area (Å²) < 4.78 is 18.8. The number of imidazole rings is 1. The molecular weight excluding hydrogens is 378 g/mol. The molecule has 2 aliphatic rings. The molecule has 0 bridgehead atoms. The van der Waals surface area contributed by atoms with E-state index in [4.69, 9.17) is 19.2 Å². The van der Waals surface area contributed by atoms with Gasteiger partial charge in [0.15, 0.2) is 11.5 Å². The van der Waals surface area contributed by atoms with Gasteiger partial charge in [-0.3, -0.25) is 0 Å². The van der Waals surface area contributed by atoms with Crippen molar-refractivity contribution in [1.29, 1.82) is 0 Å². The van der Waals surface area contributed by atoms with Crippen LogP contribution in [0.1, 0.15) is 18.4 Å². The predicted octanol–water partition coefficient (Wildman–Crippen LogP) is 4.38. The van der Waals surface area contributed by atoms with Crippen LogP contribution in [0.3, 0.4) is 0 Å². The lowest BCUT2D eigenvalue weighted by Crippen LogP contribution is -2.27. The molecule has 0 atom stereocenters. The van der Waals surface area contributed by atoms with Crippen molar-refractivity contribution in [1.82, 2.24) is 9.55 Å². The fraction of sp³-hybridized carbons (Fsp3) is 0.375. The lowest BCUT2D eigenvalue weighted by atomic mass is 9.94. The molecule has 0 aliphatic carbocycles. The average molecular weight is 405 g/mol. The first-order valence-corrected chi connectivity index (χ1v) is 10.5. The third-order valence-corrected chi connectivity index (χ3v) is 6.05. The van der Waals surface area contributed by atoms with Crippen LogP contribution in [-0.2, 0) is 17.7 Å². The van der Waals surface area contributed by atoms with Gasteiger partial charge in [-0.2, -0.15) is 0 Å². The van der Waals surface area contributed by atoms with Gasteiger partial charge in [-0.05, 0) is 49.1 Å². The van der Waals surface area contributed by atoms with E-state index in [-0.39, 0.29) is 0 Å². The molecule has 0 radical (unpaired) electrons. The monoisotopic (exact) mass is 405 g/mol. The molecule has 2 aliphatic heterocycles. The van der Waals surface area contributed by atoms with E-state index in [0.717, 1.165) is 78.7 Å². The Kier molecular flexibility index (Phi) is 5.09. The van der Waals surface area contributed by atoms with Gasteiger partial charge in [0.05, 0.1) is 31.9 Å². The summed E-state index contributed by atoms with van der Waals surface area (Å²) in [5.74, 6) is 1.51. The number of hydrogen-bond acceptors (Lipinski definition) is 5. The van der Waals surface area contributed by atoms with Gasteiger partial charge in [0.2, 0.25) is 0 Å². The van der Waals surface area contributed by atoms with Crippen molar-refractivity contribution in [3.05, 3.63) is 48.3 Å². The van der Waals surface area contributed by atoms with Crippen LogP contribution in [0.2, 0.25) is 0 Å². The van der Waals surface area contributed by atoms with Gasteiger partial charge in [-0.1, -0.05) is 12.1 Å². The highest BCUT2D eigenvalue weighted by Gasteiger charge is 2.24. The maximum Gasteiger partial charge on any atom is 0.161 e. The number of rotatable bonds is 5. The van der Waals surface area contributed by atoms with Gasteiger partial charge < -0.3 is 24.1 Å². The second kappa shape index (κ2) is 8.03. The second-order valence-corrected chi connectivity index (χ2v) is 7.86. The molecule has 5 rings (SSSR count). The number of aromatic nitrogens is 2. The molecule has 3 heterocycles. The summed E-state index contributed by atoms with van der Waals surface area (Å²) in [7, 11) is 3.36. The number of methoxy groups -OCH3 is 2. The lowest BCUT2D eigenvalue weighted by molar-refractivity contribution is 0.0904. The molecule has 156 valence electrons. The van der Waals surface area contributed by atoms with Crippen molar-refractivity contribution in [3.8, 4) is 34.0 Å². The van der Waals surface area contributed by atoms with Gasteiger partial charge in [0.1, 0.15) is 0 Å². The zero-order chi connectivity index (χ0) is 20.5. The van der Waals surface area contributed by atoms with E-state index < -0.39 is 0 Å². The number of nitrogens with one attached hydrogen (secondary N) is 1. The van der Waals surface area contributed by atoms with Crippen LogP contribution in [-0.4, -0.2) is 43.0 Å². The summed E-state index contributed by atoms with van der Waals surface area (Å²) in [5, 5.41) is 3.66. The first kappa shape index (κ1) is 19.0. The van der Waals surface area contributed by atoms with Crippen molar-refractivity contribution < 1.29 is 14.2 Å². The molecule has 1 N–H and O–H groups in total. The maximum atomic E-state index is 5.57. The largest absolute Gasteiger partial charge is 0.493 e. The highest BCUT2D eigenvalue weighted by Crippen LogP contribution is 2.42. The smallest absolute Gasteiger partial charge is 0.161 e. The molecule has 30 heavy (non-hydrogen) atoms. The quantitative estimate of drug-likeness (QED) is 0.683. The zero-order valence-corrected chi connectivity index (χ0v) is 17.5. The number of nitrogens with zero attached hydrogens (tertiary/aromatic N) is 2. The summed E-state index contributed by atoms with van der Waals surface area (Å²) in [5.41, 5.74) is 6.81. The number of ether oxygens (including phenoxy) is 3. The molecule has 6 heteroatoms. The Labute approximate surface area is 176 Å². The van der Waals surface area contributed by atoms with Crippen molar-refractivity contribution in [2.75, 3.05) is 32.8 Å². The normalized spacial score (nSPS) is 15.9. The van der Waals surface area contributed by atoms with E-state index in [1.54, 1.807) is 14.2 Å². The molecule has 3 aromatic rings. The number of anilines is 1. The number of fused-ring (bicyclic) bond motifs is 3. The fourth-order valence-corrected chi connectivity index (χ4v) is 4.47. The van der Waals surface area contributed by atoms with Gasteiger partial charge in [-0.25, -0.2) is 4.98 Å². The molecule has 1 fully saturated rings. The zero-order valence-electron chi connectivity index (χ0n) is 17.5. The second-order valence-electron chi connectivity index (χ2n) is 7.86. The van der Waals surface area contributed by atoms with Crippen LogP contribution >= 0.6 is 0 Å². The first-order chi connectivity index (χ1) is 14.8. The Bertz CT molecular complexity index is 1050. The Morgan fingerprint density at radius 1 is 1.07 bits per heavy atom. The van der Waals surface area contributed by atoms with Gasteiger partial charge in [0, 0.05) is 42.6 Å². The molecule has 2 aromatic carbocycles. The molecule has 6 nitrogen and oxygen atoms in total. The molecular formula is C24H27N3O3. The van der Waals surface area contributed by atoms with Crippen LogP contribution < -0.4 is 14.8 Å². The van der Waals surface area contributed by atoms with Crippen molar-refractivity contribution in [2.24, 2.45) is 0 Å². The number of hydrogen-bond donors (Lipinski definition) is 1.